The molecule has 2 aliphatic rings. The zero-order valence-corrected chi connectivity index (χ0v) is 18.8. The summed E-state index contributed by atoms with van der Waals surface area (Å²) in [6.45, 7) is 3.82. The van der Waals surface area contributed by atoms with Crippen molar-refractivity contribution in [3.63, 3.8) is 0 Å². The van der Waals surface area contributed by atoms with Gasteiger partial charge in [0.15, 0.2) is 0 Å². The fourth-order valence-electron chi connectivity index (χ4n) is 5.68. The third kappa shape index (κ3) is 4.10. The number of halogens is 1. The number of aromatic nitrogens is 1. The average Bonchev–Trinajstić information content (AvgIpc) is 2.75. The number of hydrogen-bond donors (Lipinski definition) is 1. The van der Waals surface area contributed by atoms with Gasteiger partial charge >= 0.3 is 0 Å². The SMILES string of the molecule is CNC(=O)C1CCC2(CC1)CC(=O)C(c1c(C)cc(-c3ccc(F)cn3)cc1C)C(=O)C2. The first-order valence-electron chi connectivity index (χ1n) is 11.2. The lowest BCUT2D eigenvalue weighted by Crippen LogP contribution is -2.43. The minimum absolute atomic E-state index is 0.0153. The largest absolute Gasteiger partial charge is 0.359 e. The number of Topliss-reactive ketones (excluding diaryl/α,β-unsaturated/α-hetero) is 2. The molecule has 1 aromatic carbocycles. The van der Waals surface area contributed by atoms with Crippen molar-refractivity contribution in [2.45, 2.75) is 58.3 Å². The van der Waals surface area contributed by atoms with E-state index >= 15 is 0 Å². The molecule has 1 N–H and O–H groups in total. The molecule has 1 heterocycles. The van der Waals surface area contributed by atoms with Crippen LogP contribution in [0.25, 0.3) is 11.3 Å². The Morgan fingerprint density at radius 3 is 2.16 bits per heavy atom. The standard InChI is InChI=1S/C26H29FN2O3/c1-15-10-18(20-5-4-19(27)14-29-20)11-16(2)23(15)24-21(30)12-26(13-22(24)31)8-6-17(7-9-26)25(32)28-3/h4-5,10-11,14,17,24H,6-9,12-13H2,1-3H3,(H,28,32). The number of pyridine rings is 1. The van der Waals surface area contributed by atoms with Gasteiger partial charge in [0.2, 0.25) is 5.91 Å². The lowest BCUT2D eigenvalue weighted by molar-refractivity contribution is -0.138. The second-order valence-corrected chi connectivity index (χ2v) is 9.49. The molecule has 32 heavy (non-hydrogen) atoms. The van der Waals surface area contributed by atoms with Crippen LogP contribution in [-0.4, -0.2) is 29.5 Å². The van der Waals surface area contributed by atoms with Gasteiger partial charge in [0.25, 0.3) is 0 Å². The highest BCUT2D eigenvalue weighted by atomic mass is 19.1. The first-order valence-corrected chi connectivity index (χ1v) is 11.2. The second-order valence-electron chi connectivity index (χ2n) is 9.49. The first kappa shape index (κ1) is 22.3. The van der Waals surface area contributed by atoms with Crippen LogP contribution in [0.15, 0.2) is 30.5 Å². The van der Waals surface area contributed by atoms with E-state index in [1.807, 2.05) is 26.0 Å². The van der Waals surface area contributed by atoms with Crippen LogP contribution in [0.4, 0.5) is 4.39 Å². The van der Waals surface area contributed by atoms with E-state index in [1.165, 1.54) is 12.3 Å². The number of ketones is 2. The summed E-state index contributed by atoms with van der Waals surface area (Å²) in [5.74, 6) is -1.13. The number of aryl methyl sites for hydroxylation is 2. The molecular formula is C26H29FN2O3. The van der Waals surface area contributed by atoms with Gasteiger partial charge in [-0.3, -0.25) is 19.4 Å². The minimum atomic E-state index is -0.729. The molecule has 5 nitrogen and oxygen atoms in total. The van der Waals surface area contributed by atoms with Crippen molar-refractivity contribution >= 4 is 17.5 Å². The molecule has 2 saturated carbocycles. The normalized spacial score (nSPS) is 25.8. The van der Waals surface area contributed by atoms with E-state index in [0.717, 1.165) is 47.9 Å². The molecule has 0 atom stereocenters. The molecular weight excluding hydrogens is 407 g/mol. The van der Waals surface area contributed by atoms with Crippen LogP contribution >= 0.6 is 0 Å². The molecule has 6 heteroatoms. The summed E-state index contributed by atoms with van der Waals surface area (Å²) in [6.07, 6.45) is 4.89. The number of amides is 1. The topological polar surface area (TPSA) is 76.1 Å². The van der Waals surface area contributed by atoms with Crippen LogP contribution in [0, 0.1) is 31.0 Å². The smallest absolute Gasteiger partial charge is 0.222 e. The van der Waals surface area contributed by atoms with Crippen molar-refractivity contribution < 1.29 is 18.8 Å². The van der Waals surface area contributed by atoms with Crippen LogP contribution in [0.5, 0.6) is 0 Å². The van der Waals surface area contributed by atoms with E-state index in [4.69, 9.17) is 0 Å². The molecule has 0 aliphatic heterocycles. The summed E-state index contributed by atoms with van der Waals surface area (Å²) < 4.78 is 13.2. The average molecular weight is 437 g/mol. The molecule has 1 aromatic heterocycles. The Labute approximate surface area is 187 Å². The van der Waals surface area contributed by atoms with Gasteiger partial charge in [-0.1, -0.05) is 0 Å². The quantitative estimate of drug-likeness (QED) is 0.722. The number of hydrogen-bond acceptors (Lipinski definition) is 4. The van der Waals surface area contributed by atoms with E-state index in [0.29, 0.717) is 18.5 Å². The maximum Gasteiger partial charge on any atom is 0.222 e. The summed E-state index contributed by atoms with van der Waals surface area (Å²) in [5, 5.41) is 2.71. The van der Waals surface area contributed by atoms with Gasteiger partial charge in [-0.2, -0.15) is 0 Å². The maximum atomic E-state index is 13.3. The lowest BCUT2D eigenvalue weighted by atomic mass is 9.59. The highest BCUT2D eigenvalue weighted by Crippen LogP contribution is 2.50. The molecule has 0 bridgehead atoms. The van der Waals surface area contributed by atoms with E-state index in [-0.39, 0.29) is 28.8 Å². The Hall–Kier alpha value is -2.89. The Morgan fingerprint density at radius 1 is 1.06 bits per heavy atom. The summed E-state index contributed by atoms with van der Waals surface area (Å²) in [7, 11) is 1.65. The summed E-state index contributed by atoms with van der Waals surface area (Å²) in [4.78, 5) is 42.7. The number of nitrogens with one attached hydrogen (secondary N) is 1. The van der Waals surface area contributed by atoms with Crippen molar-refractivity contribution in [2.75, 3.05) is 7.05 Å². The van der Waals surface area contributed by atoms with Gasteiger partial charge < -0.3 is 5.32 Å². The van der Waals surface area contributed by atoms with Gasteiger partial charge in [0.05, 0.1) is 11.9 Å². The van der Waals surface area contributed by atoms with E-state index in [1.54, 1.807) is 13.1 Å². The second kappa shape index (κ2) is 8.57. The monoisotopic (exact) mass is 436 g/mol. The highest BCUT2D eigenvalue weighted by molar-refractivity contribution is 6.10. The van der Waals surface area contributed by atoms with Gasteiger partial charge in [-0.05, 0) is 85.9 Å². The van der Waals surface area contributed by atoms with Crippen LogP contribution < -0.4 is 5.32 Å². The van der Waals surface area contributed by atoms with Crippen LogP contribution in [-0.2, 0) is 14.4 Å². The Bertz CT molecular complexity index is 1030. The molecule has 4 rings (SSSR count). The van der Waals surface area contributed by atoms with Crippen LogP contribution in [0.2, 0.25) is 0 Å². The number of carbonyl (C=O) groups is 3. The third-order valence-electron chi connectivity index (χ3n) is 7.31. The lowest BCUT2D eigenvalue weighted by Gasteiger charge is -2.43. The van der Waals surface area contributed by atoms with Crippen molar-refractivity contribution in [1.82, 2.24) is 10.3 Å². The predicted molar refractivity (Wildman–Crippen MR) is 120 cm³/mol. The molecule has 1 amide bonds. The maximum absolute atomic E-state index is 13.3. The fourth-order valence-corrected chi connectivity index (χ4v) is 5.68. The minimum Gasteiger partial charge on any atom is -0.359 e. The molecule has 0 unspecified atom stereocenters. The van der Waals surface area contributed by atoms with Gasteiger partial charge in [-0.25, -0.2) is 4.39 Å². The van der Waals surface area contributed by atoms with Crippen LogP contribution in [0.3, 0.4) is 0 Å². The zero-order chi connectivity index (χ0) is 23.0. The number of benzene rings is 1. The highest BCUT2D eigenvalue weighted by Gasteiger charge is 2.48. The van der Waals surface area contributed by atoms with E-state index in [9.17, 15) is 18.8 Å². The van der Waals surface area contributed by atoms with Crippen molar-refractivity contribution in [2.24, 2.45) is 11.3 Å². The van der Waals surface area contributed by atoms with Crippen molar-refractivity contribution in [3.05, 3.63) is 53.0 Å². The molecule has 1 spiro atoms. The van der Waals surface area contributed by atoms with E-state index < -0.39 is 11.7 Å². The zero-order valence-electron chi connectivity index (χ0n) is 18.8. The number of nitrogens with zero attached hydrogens (tertiary/aromatic N) is 1. The van der Waals surface area contributed by atoms with Crippen molar-refractivity contribution in [1.29, 1.82) is 0 Å². The van der Waals surface area contributed by atoms with E-state index in [2.05, 4.69) is 10.3 Å². The Morgan fingerprint density at radius 2 is 1.66 bits per heavy atom. The molecule has 0 saturated heterocycles. The predicted octanol–water partition coefficient (Wildman–Crippen LogP) is 4.44. The van der Waals surface area contributed by atoms with Crippen molar-refractivity contribution in [3.8, 4) is 11.3 Å². The molecule has 2 fully saturated rings. The number of carbonyl (C=O) groups excluding carboxylic acids is 3. The fraction of sp³-hybridized carbons (Fsp3) is 0.462. The Balaban J connectivity index is 1.56. The summed E-state index contributed by atoms with van der Waals surface area (Å²) in [6, 6.07) is 6.83. The summed E-state index contributed by atoms with van der Waals surface area (Å²) >= 11 is 0. The van der Waals surface area contributed by atoms with Gasteiger partial charge in [0, 0.05) is 31.4 Å². The van der Waals surface area contributed by atoms with Crippen LogP contribution in [0.1, 0.15) is 61.1 Å². The first-order chi connectivity index (χ1) is 15.2. The van der Waals surface area contributed by atoms with Gasteiger partial charge in [0.1, 0.15) is 23.3 Å². The van der Waals surface area contributed by atoms with Gasteiger partial charge in [-0.15, -0.1) is 0 Å². The molecule has 0 radical (unpaired) electrons. The third-order valence-corrected chi connectivity index (χ3v) is 7.31. The Kier molecular flexibility index (Phi) is 5.97. The number of rotatable bonds is 3. The molecule has 168 valence electrons. The molecule has 2 aliphatic carbocycles. The molecule has 2 aromatic rings. The summed E-state index contributed by atoms with van der Waals surface area (Å²) in [5.41, 5.74) is 3.73.